The Bertz CT molecular complexity index is 1100. The molecular formula is C21H22N4O2. The van der Waals surface area contributed by atoms with Crippen LogP contribution in [0.25, 0.3) is 10.9 Å². The van der Waals surface area contributed by atoms with E-state index in [9.17, 15) is 9.90 Å². The second-order valence-electron chi connectivity index (χ2n) is 7.04. The lowest BCUT2D eigenvalue weighted by Crippen LogP contribution is -2.24. The fraction of sp³-hybridized carbons (Fsp3) is 0.238. The van der Waals surface area contributed by atoms with Crippen molar-refractivity contribution in [2.24, 2.45) is 12.1 Å². The van der Waals surface area contributed by atoms with Gasteiger partial charge in [-0.3, -0.25) is 4.79 Å². The molecule has 2 N–H and O–H groups in total. The van der Waals surface area contributed by atoms with Crippen LogP contribution in [0.2, 0.25) is 0 Å². The molecule has 1 aromatic heterocycles. The van der Waals surface area contributed by atoms with Gasteiger partial charge >= 0.3 is 0 Å². The monoisotopic (exact) mass is 362 g/mol. The second kappa shape index (κ2) is 6.46. The van der Waals surface area contributed by atoms with E-state index < -0.39 is 0 Å². The molecule has 0 saturated carbocycles. The van der Waals surface area contributed by atoms with Crippen LogP contribution in [-0.2, 0) is 7.05 Å². The van der Waals surface area contributed by atoms with Crippen LogP contribution in [0.5, 0.6) is 5.75 Å². The molecular weight excluding hydrogens is 340 g/mol. The molecule has 1 atom stereocenters. The highest BCUT2D eigenvalue weighted by Crippen LogP contribution is 2.31. The van der Waals surface area contributed by atoms with Gasteiger partial charge in [-0.1, -0.05) is 24.3 Å². The maximum atomic E-state index is 12.8. The number of nitrogens with one attached hydrogen (secondary N) is 1. The Hall–Kier alpha value is -3.28. The van der Waals surface area contributed by atoms with E-state index in [0.29, 0.717) is 23.0 Å². The fourth-order valence-corrected chi connectivity index (χ4v) is 3.54. The number of fused-ring (bicyclic) bond motifs is 1. The van der Waals surface area contributed by atoms with Crippen LogP contribution in [-0.4, -0.2) is 29.5 Å². The lowest BCUT2D eigenvalue weighted by molar-refractivity contribution is 0.478. The Morgan fingerprint density at radius 3 is 2.56 bits per heavy atom. The third-order valence-electron chi connectivity index (χ3n) is 5.13. The number of anilines is 1. The number of pyridine rings is 1. The van der Waals surface area contributed by atoms with E-state index in [1.165, 1.54) is 0 Å². The minimum absolute atomic E-state index is 0.00199. The van der Waals surface area contributed by atoms with Crippen molar-refractivity contribution in [2.75, 3.05) is 19.0 Å². The topological polar surface area (TPSA) is 69.9 Å². The van der Waals surface area contributed by atoms with Gasteiger partial charge in [-0.25, -0.2) is 0 Å². The number of rotatable bonds is 3. The lowest BCUT2D eigenvalue weighted by atomic mass is 9.98. The zero-order valence-corrected chi connectivity index (χ0v) is 15.6. The number of aromatic nitrogens is 1. The Kier molecular flexibility index (Phi) is 4.11. The van der Waals surface area contributed by atoms with Gasteiger partial charge in [0.15, 0.2) is 0 Å². The summed E-state index contributed by atoms with van der Waals surface area (Å²) in [5, 5.41) is 15.8. The summed E-state index contributed by atoms with van der Waals surface area (Å²) in [6.45, 7) is 0. The average molecular weight is 362 g/mol. The molecule has 2 aromatic carbocycles. The molecule has 0 amide bonds. The van der Waals surface area contributed by atoms with E-state index >= 15 is 0 Å². The summed E-state index contributed by atoms with van der Waals surface area (Å²) in [6, 6.07) is 15.5. The van der Waals surface area contributed by atoms with E-state index in [-0.39, 0.29) is 22.9 Å². The van der Waals surface area contributed by atoms with Gasteiger partial charge in [0.2, 0.25) is 0 Å². The van der Waals surface area contributed by atoms with Gasteiger partial charge in [-0.05, 0) is 29.8 Å². The maximum absolute atomic E-state index is 12.8. The minimum atomic E-state index is -0.240. The number of nitrogens with zero attached hydrogens (tertiary/aromatic N) is 3. The molecule has 1 aliphatic heterocycles. The van der Waals surface area contributed by atoms with Gasteiger partial charge in [0.25, 0.3) is 5.56 Å². The molecule has 3 aromatic rings. The summed E-state index contributed by atoms with van der Waals surface area (Å²) >= 11 is 0. The highest BCUT2D eigenvalue weighted by Gasteiger charge is 2.27. The number of hydrogen-bond acceptors (Lipinski definition) is 5. The number of hydrogen-bond donors (Lipinski definition) is 2. The van der Waals surface area contributed by atoms with Crippen molar-refractivity contribution in [3.05, 3.63) is 70.0 Å². The molecule has 0 spiro atoms. The Balaban J connectivity index is 1.69. The predicted octanol–water partition coefficient (Wildman–Crippen LogP) is 2.75. The van der Waals surface area contributed by atoms with Gasteiger partial charge in [0.1, 0.15) is 11.3 Å². The zero-order chi connectivity index (χ0) is 19.1. The van der Waals surface area contributed by atoms with E-state index in [4.69, 9.17) is 0 Å². The third-order valence-corrected chi connectivity index (χ3v) is 5.13. The van der Waals surface area contributed by atoms with Crippen LogP contribution >= 0.6 is 0 Å². The summed E-state index contributed by atoms with van der Waals surface area (Å²) < 4.78 is 1.56. The van der Waals surface area contributed by atoms with Crippen LogP contribution in [0.4, 0.5) is 5.69 Å². The summed E-state index contributed by atoms with van der Waals surface area (Å²) in [7, 11) is 5.72. The third kappa shape index (κ3) is 2.83. The summed E-state index contributed by atoms with van der Waals surface area (Å²) in [5.74, 6) is -0.00199. The van der Waals surface area contributed by atoms with Gasteiger partial charge in [0.05, 0.1) is 17.3 Å². The molecule has 1 aliphatic rings. The highest BCUT2D eigenvalue weighted by molar-refractivity contribution is 6.07. The first-order valence-electron chi connectivity index (χ1n) is 8.88. The minimum Gasteiger partial charge on any atom is -0.506 e. The van der Waals surface area contributed by atoms with E-state index in [1.807, 2.05) is 43.3 Å². The number of aromatic hydroxyl groups is 1. The maximum Gasteiger partial charge on any atom is 0.263 e. The molecule has 6 nitrogen and oxygen atoms in total. The van der Waals surface area contributed by atoms with Crippen LogP contribution in [0.3, 0.4) is 0 Å². The molecule has 0 bridgehead atoms. The molecule has 138 valence electrons. The van der Waals surface area contributed by atoms with E-state index in [1.54, 1.807) is 11.6 Å². The number of hydrazone groups is 1. The molecule has 0 saturated heterocycles. The van der Waals surface area contributed by atoms with Crippen LogP contribution in [0, 0.1) is 0 Å². The summed E-state index contributed by atoms with van der Waals surface area (Å²) in [5.41, 5.74) is 6.64. The van der Waals surface area contributed by atoms with Gasteiger partial charge in [0, 0.05) is 38.6 Å². The number of benzene rings is 2. The van der Waals surface area contributed by atoms with Crippen molar-refractivity contribution in [3.8, 4) is 5.75 Å². The normalized spacial score (nSPS) is 16.3. The van der Waals surface area contributed by atoms with E-state index in [2.05, 4.69) is 34.8 Å². The van der Waals surface area contributed by atoms with Crippen molar-refractivity contribution in [3.63, 3.8) is 0 Å². The fourth-order valence-electron chi connectivity index (χ4n) is 3.54. The summed E-state index contributed by atoms with van der Waals surface area (Å²) in [6.07, 6.45) is 0.544. The predicted molar refractivity (Wildman–Crippen MR) is 109 cm³/mol. The Morgan fingerprint density at radius 2 is 1.85 bits per heavy atom. The first-order chi connectivity index (χ1) is 13.0. The van der Waals surface area contributed by atoms with Crippen molar-refractivity contribution in [1.82, 2.24) is 9.99 Å². The van der Waals surface area contributed by atoms with Crippen molar-refractivity contribution in [2.45, 2.75) is 12.5 Å². The molecule has 4 rings (SSSR count). The largest absolute Gasteiger partial charge is 0.506 e. The van der Waals surface area contributed by atoms with Gasteiger partial charge < -0.3 is 20.0 Å². The molecule has 0 aliphatic carbocycles. The molecule has 27 heavy (non-hydrogen) atoms. The van der Waals surface area contributed by atoms with Crippen LogP contribution in [0.15, 0.2) is 58.4 Å². The summed E-state index contributed by atoms with van der Waals surface area (Å²) in [4.78, 5) is 14.9. The first kappa shape index (κ1) is 17.1. The first-order valence-corrected chi connectivity index (χ1v) is 8.88. The highest BCUT2D eigenvalue weighted by atomic mass is 16.3. The quantitative estimate of drug-likeness (QED) is 0.752. The standard InChI is InChI=1S/C21H22N4O2/c1-24(2)14-10-8-13(9-11-14)16-12-17(23-22-16)19-20(26)15-6-4-5-7-18(15)25(3)21(19)27/h4-11,16,22,26H,12H2,1-3H3/t16-/m0/s1. The van der Waals surface area contributed by atoms with Crippen molar-refractivity contribution >= 4 is 22.3 Å². The Morgan fingerprint density at radius 1 is 1.15 bits per heavy atom. The van der Waals surface area contributed by atoms with Crippen LogP contribution in [0.1, 0.15) is 23.6 Å². The van der Waals surface area contributed by atoms with Gasteiger partial charge in [-0.2, -0.15) is 5.10 Å². The molecule has 0 unspecified atom stereocenters. The number of para-hydroxylation sites is 1. The van der Waals surface area contributed by atoms with Crippen molar-refractivity contribution in [1.29, 1.82) is 0 Å². The molecule has 2 heterocycles. The van der Waals surface area contributed by atoms with E-state index in [0.717, 1.165) is 11.3 Å². The van der Waals surface area contributed by atoms with Crippen molar-refractivity contribution < 1.29 is 5.11 Å². The SMILES string of the molecule is CN(C)c1ccc([C@@H]2CC(c3c(O)c4ccccc4n(C)c3=O)=NN2)cc1. The molecule has 0 fully saturated rings. The second-order valence-corrected chi connectivity index (χ2v) is 7.04. The molecule has 0 radical (unpaired) electrons. The lowest BCUT2D eigenvalue weighted by Gasteiger charge is -2.15. The zero-order valence-electron chi connectivity index (χ0n) is 15.6. The average Bonchev–Trinajstić information content (AvgIpc) is 3.16. The molecule has 6 heteroatoms. The Labute approximate surface area is 157 Å². The smallest absolute Gasteiger partial charge is 0.263 e. The van der Waals surface area contributed by atoms with Crippen LogP contribution < -0.4 is 15.9 Å². The number of aryl methyl sites for hydroxylation is 1. The van der Waals surface area contributed by atoms with Gasteiger partial charge in [-0.15, -0.1) is 0 Å².